The third-order valence-electron chi connectivity index (χ3n) is 3.15. The zero-order valence-corrected chi connectivity index (χ0v) is 10.8. The molecule has 0 bridgehead atoms. The van der Waals surface area contributed by atoms with Gasteiger partial charge >= 0.3 is 0 Å². The Morgan fingerprint density at radius 2 is 2.29 bits per heavy atom. The van der Waals surface area contributed by atoms with Crippen LogP contribution in [0.4, 0.5) is 11.4 Å². The van der Waals surface area contributed by atoms with Crippen molar-refractivity contribution < 1.29 is 4.92 Å². The standard InChI is InChI=1S/C12H16N2O2S/c1-8-3-4-10(14(15)16)7-12(8)13-11-5-6-17-9(11)2/h3-4,7,9,11,13H,5-6H2,1-2H3. The number of thioether (sulfide) groups is 1. The van der Waals surface area contributed by atoms with E-state index in [0.717, 1.165) is 23.4 Å². The highest BCUT2D eigenvalue weighted by molar-refractivity contribution is 8.00. The van der Waals surface area contributed by atoms with Crippen LogP contribution >= 0.6 is 11.8 Å². The summed E-state index contributed by atoms with van der Waals surface area (Å²) in [4.78, 5) is 10.4. The molecule has 0 aliphatic carbocycles. The van der Waals surface area contributed by atoms with Gasteiger partial charge in [-0.3, -0.25) is 10.1 Å². The second-order valence-corrected chi connectivity index (χ2v) is 5.86. The first-order chi connectivity index (χ1) is 8.08. The van der Waals surface area contributed by atoms with Gasteiger partial charge in [0.15, 0.2) is 0 Å². The molecule has 1 aromatic carbocycles. The van der Waals surface area contributed by atoms with E-state index in [1.807, 2.05) is 18.7 Å². The van der Waals surface area contributed by atoms with Gasteiger partial charge in [0.25, 0.3) is 5.69 Å². The van der Waals surface area contributed by atoms with Crippen LogP contribution in [0.5, 0.6) is 0 Å². The minimum absolute atomic E-state index is 0.149. The Hall–Kier alpha value is -1.23. The Labute approximate surface area is 105 Å². The maximum atomic E-state index is 10.7. The number of nitro benzene ring substituents is 1. The lowest BCUT2D eigenvalue weighted by Crippen LogP contribution is -2.25. The molecule has 5 heteroatoms. The molecule has 1 N–H and O–H groups in total. The third-order valence-corrected chi connectivity index (χ3v) is 4.47. The zero-order valence-electron chi connectivity index (χ0n) is 9.97. The normalized spacial score (nSPS) is 23.6. The van der Waals surface area contributed by atoms with Crippen molar-refractivity contribution in [1.82, 2.24) is 0 Å². The van der Waals surface area contributed by atoms with Crippen molar-refractivity contribution in [2.24, 2.45) is 0 Å². The molecule has 1 fully saturated rings. The lowest BCUT2D eigenvalue weighted by molar-refractivity contribution is -0.384. The maximum absolute atomic E-state index is 10.7. The number of nitrogens with zero attached hydrogens (tertiary/aromatic N) is 1. The molecule has 2 atom stereocenters. The first-order valence-electron chi connectivity index (χ1n) is 5.71. The molecular weight excluding hydrogens is 236 g/mol. The van der Waals surface area contributed by atoms with Crippen molar-refractivity contribution in [1.29, 1.82) is 0 Å². The van der Waals surface area contributed by atoms with Gasteiger partial charge in [-0.2, -0.15) is 11.8 Å². The van der Waals surface area contributed by atoms with Crippen LogP contribution in [-0.2, 0) is 0 Å². The Morgan fingerprint density at radius 1 is 1.53 bits per heavy atom. The third kappa shape index (κ3) is 2.72. The summed E-state index contributed by atoms with van der Waals surface area (Å²) in [6.45, 7) is 4.17. The highest BCUT2D eigenvalue weighted by Crippen LogP contribution is 2.30. The number of rotatable bonds is 3. The van der Waals surface area contributed by atoms with Crippen molar-refractivity contribution in [2.45, 2.75) is 31.6 Å². The SMILES string of the molecule is Cc1ccc([N+](=O)[O-])cc1NC1CCSC1C. The van der Waals surface area contributed by atoms with Gasteiger partial charge in [-0.05, 0) is 24.7 Å². The summed E-state index contributed by atoms with van der Waals surface area (Å²) in [6.07, 6.45) is 1.12. The van der Waals surface area contributed by atoms with Gasteiger partial charge < -0.3 is 5.32 Å². The van der Waals surface area contributed by atoms with E-state index in [9.17, 15) is 10.1 Å². The summed E-state index contributed by atoms with van der Waals surface area (Å²) in [7, 11) is 0. The maximum Gasteiger partial charge on any atom is 0.271 e. The summed E-state index contributed by atoms with van der Waals surface area (Å²) in [5.74, 6) is 1.16. The Bertz CT molecular complexity index is 437. The molecule has 1 aliphatic heterocycles. The summed E-state index contributed by atoms with van der Waals surface area (Å²) in [5, 5.41) is 14.7. The fourth-order valence-electron chi connectivity index (χ4n) is 2.00. The largest absolute Gasteiger partial charge is 0.381 e. The quantitative estimate of drug-likeness (QED) is 0.663. The van der Waals surface area contributed by atoms with Gasteiger partial charge in [-0.1, -0.05) is 13.0 Å². The van der Waals surface area contributed by atoms with Crippen LogP contribution in [0.2, 0.25) is 0 Å². The molecule has 1 aliphatic rings. The number of aryl methyl sites for hydroxylation is 1. The van der Waals surface area contributed by atoms with Crippen molar-refractivity contribution in [2.75, 3.05) is 11.1 Å². The number of hydrogen-bond acceptors (Lipinski definition) is 4. The van der Waals surface area contributed by atoms with Gasteiger partial charge in [0.2, 0.25) is 0 Å². The summed E-state index contributed by atoms with van der Waals surface area (Å²) in [6, 6.07) is 5.40. The smallest absolute Gasteiger partial charge is 0.271 e. The summed E-state index contributed by atoms with van der Waals surface area (Å²) in [5.41, 5.74) is 2.09. The molecule has 17 heavy (non-hydrogen) atoms. The molecule has 0 saturated carbocycles. The van der Waals surface area contributed by atoms with Crippen LogP contribution in [0, 0.1) is 17.0 Å². The second-order valence-electron chi connectivity index (χ2n) is 4.37. The van der Waals surface area contributed by atoms with E-state index in [1.54, 1.807) is 18.2 Å². The number of non-ortho nitro benzene ring substituents is 1. The monoisotopic (exact) mass is 252 g/mol. The van der Waals surface area contributed by atoms with Crippen LogP contribution in [0.25, 0.3) is 0 Å². The number of benzene rings is 1. The van der Waals surface area contributed by atoms with E-state index < -0.39 is 0 Å². The van der Waals surface area contributed by atoms with E-state index in [4.69, 9.17) is 0 Å². The molecule has 0 radical (unpaired) electrons. The van der Waals surface area contributed by atoms with E-state index in [1.165, 1.54) is 0 Å². The molecule has 1 aromatic rings. The van der Waals surface area contributed by atoms with Gasteiger partial charge in [0.05, 0.1) is 4.92 Å². The Balaban J connectivity index is 2.19. The number of nitrogens with one attached hydrogen (secondary N) is 1. The molecule has 0 spiro atoms. The molecule has 2 unspecified atom stereocenters. The fourth-order valence-corrected chi connectivity index (χ4v) is 3.20. The van der Waals surface area contributed by atoms with Crippen LogP contribution < -0.4 is 5.32 Å². The van der Waals surface area contributed by atoms with E-state index in [-0.39, 0.29) is 10.6 Å². The molecule has 2 rings (SSSR count). The number of anilines is 1. The number of nitro groups is 1. The van der Waals surface area contributed by atoms with Gasteiger partial charge in [0.1, 0.15) is 0 Å². The molecule has 0 aromatic heterocycles. The Kier molecular flexibility index (Phi) is 3.57. The topological polar surface area (TPSA) is 55.2 Å². The van der Waals surface area contributed by atoms with Crippen molar-refractivity contribution >= 4 is 23.1 Å². The van der Waals surface area contributed by atoms with Crippen molar-refractivity contribution in [3.8, 4) is 0 Å². The molecule has 1 heterocycles. The van der Waals surface area contributed by atoms with Crippen LogP contribution in [-0.4, -0.2) is 22.0 Å². The average Bonchev–Trinajstić information content (AvgIpc) is 2.67. The predicted molar refractivity (Wildman–Crippen MR) is 71.8 cm³/mol. The van der Waals surface area contributed by atoms with Crippen LogP contribution in [0.15, 0.2) is 18.2 Å². The minimum atomic E-state index is -0.350. The first kappa shape index (κ1) is 12.2. The van der Waals surface area contributed by atoms with Gasteiger partial charge in [0, 0.05) is 29.1 Å². The molecule has 1 saturated heterocycles. The van der Waals surface area contributed by atoms with Crippen LogP contribution in [0.3, 0.4) is 0 Å². The molecular formula is C12H16N2O2S. The first-order valence-corrected chi connectivity index (χ1v) is 6.76. The van der Waals surface area contributed by atoms with Gasteiger partial charge in [-0.25, -0.2) is 0 Å². The summed E-state index contributed by atoms with van der Waals surface area (Å²) >= 11 is 1.94. The van der Waals surface area contributed by atoms with E-state index in [2.05, 4.69) is 12.2 Å². The van der Waals surface area contributed by atoms with Gasteiger partial charge in [-0.15, -0.1) is 0 Å². The van der Waals surface area contributed by atoms with Crippen molar-refractivity contribution in [3.63, 3.8) is 0 Å². The Morgan fingerprint density at radius 3 is 2.88 bits per heavy atom. The molecule has 92 valence electrons. The second kappa shape index (κ2) is 4.96. The number of hydrogen-bond donors (Lipinski definition) is 1. The summed E-state index contributed by atoms with van der Waals surface area (Å²) < 4.78 is 0. The average molecular weight is 252 g/mol. The molecule has 0 amide bonds. The lowest BCUT2D eigenvalue weighted by Gasteiger charge is -2.19. The minimum Gasteiger partial charge on any atom is -0.381 e. The predicted octanol–water partition coefficient (Wildman–Crippen LogP) is 3.21. The molecule has 4 nitrogen and oxygen atoms in total. The zero-order chi connectivity index (χ0) is 12.4. The van der Waals surface area contributed by atoms with E-state index in [0.29, 0.717) is 11.3 Å². The lowest BCUT2D eigenvalue weighted by atomic mass is 10.1. The fraction of sp³-hybridized carbons (Fsp3) is 0.500. The van der Waals surface area contributed by atoms with E-state index >= 15 is 0 Å². The van der Waals surface area contributed by atoms with Crippen LogP contribution in [0.1, 0.15) is 18.9 Å². The van der Waals surface area contributed by atoms with Crippen molar-refractivity contribution in [3.05, 3.63) is 33.9 Å². The highest BCUT2D eigenvalue weighted by atomic mass is 32.2. The highest BCUT2D eigenvalue weighted by Gasteiger charge is 2.24.